The number of benzene rings is 1. The number of nitrogens with one attached hydrogen (secondary N) is 4. The number of carbonyl (C=O) groups excluding carboxylic acids is 5. The number of sulfonamides is 1. The van der Waals surface area contributed by atoms with Crippen LogP contribution < -0.4 is 20.7 Å². The normalized spacial score (nSPS) is 12.7. The van der Waals surface area contributed by atoms with Crippen LogP contribution in [0.5, 0.6) is 0 Å². The summed E-state index contributed by atoms with van der Waals surface area (Å²) in [6.07, 6.45) is 0.727. The minimum atomic E-state index is -3.72. The maximum Gasteiger partial charge on any atom is 0.309 e. The molecule has 1 rings (SSSR count). The van der Waals surface area contributed by atoms with E-state index in [0.717, 1.165) is 11.8 Å². The van der Waals surface area contributed by atoms with Gasteiger partial charge in [0.05, 0.1) is 12.3 Å². The fourth-order valence-corrected chi connectivity index (χ4v) is 2.73. The Hall–Kier alpha value is -3.28. The molecule has 0 spiro atoms. The average Bonchev–Trinajstić information content (AvgIpc) is 2.68. The van der Waals surface area contributed by atoms with Gasteiger partial charge < -0.3 is 20.7 Å². The maximum absolute atomic E-state index is 12.1. The second-order valence-electron chi connectivity index (χ2n) is 6.45. The number of carbonyl (C=O) groups is 5. The molecule has 11 nitrogen and oxygen atoms in total. The van der Waals surface area contributed by atoms with Crippen molar-refractivity contribution in [3.8, 4) is 0 Å². The third-order valence-electron chi connectivity index (χ3n) is 3.72. The fourth-order valence-electron chi connectivity index (χ4n) is 2.21. The first-order valence-electron chi connectivity index (χ1n) is 8.90. The standard InChI is InChI=1S/C18H24N4O7S/c1-12(20-18(27)17(26)19-10-13-6-4-3-5-7-13)16(25)21-14(11-23)8-9-15(24)22-30(2,28)29/h3-7,11-12,14H,8-10H2,1-2H3,(H,19,26)(H,20,27)(H,21,25)(H,22,24). The highest BCUT2D eigenvalue weighted by molar-refractivity contribution is 7.89. The van der Waals surface area contributed by atoms with Gasteiger partial charge in [-0.05, 0) is 18.9 Å². The molecule has 30 heavy (non-hydrogen) atoms. The molecule has 0 aromatic heterocycles. The van der Waals surface area contributed by atoms with Crippen LogP contribution in [0.3, 0.4) is 0 Å². The van der Waals surface area contributed by atoms with Crippen molar-refractivity contribution < 1.29 is 32.4 Å². The molecule has 164 valence electrons. The molecule has 0 bridgehead atoms. The van der Waals surface area contributed by atoms with Crippen LogP contribution in [-0.2, 0) is 40.5 Å². The van der Waals surface area contributed by atoms with Gasteiger partial charge >= 0.3 is 11.8 Å². The first-order chi connectivity index (χ1) is 14.0. The van der Waals surface area contributed by atoms with Crippen LogP contribution in [0.4, 0.5) is 0 Å². The van der Waals surface area contributed by atoms with Crippen LogP contribution in [-0.4, -0.2) is 56.7 Å². The average molecular weight is 440 g/mol. The molecule has 4 N–H and O–H groups in total. The zero-order valence-corrected chi connectivity index (χ0v) is 17.3. The molecule has 1 aromatic rings. The molecule has 0 radical (unpaired) electrons. The summed E-state index contributed by atoms with van der Waals surface area (Å²) >= 11 is 0. The predicted octanol–water partition coefficient (Wildman–Crippen LogP) is -1.65. The monoisotopic (exact) mass is 440 g/mol. The maximum atomic E-state index is 12.1. The van der Waals surface area contributed by atoms with E-state index in [1.807, 2.05) is 6.07 Å². The van der Waals surface area contributed by atoms with E-state index in [2.05, 4.69) is 16.0 Å². The Morgan fingerprint density at radius 1 is 1.03 bits per heavy atom. The van der Waals surface area contributed by atoms with Gasteiger partial charge in [-0.2, -0.15) is 0 Å². The van der Waals surface area contributed by atoms with Crippen molar-refractivity contribution in [3.05, 3.63) is 35.9 Å². The van der Waals surface area contributed by atoms with E-state index in [1.54, 1.807) is 29.0 Å². The quantitative estimate of drug-likeness (QED) is 0.250. The van der Waals surface area contributed by atoms with E-state index in [0.29, 0.717) is 6.29 Å². The third kappa shape index (κ3) is 9.78. The summed E-state index contributed by atoms with van der Waals surface area (Å²) in [6.45, 7) is 1.45. The number of aldehydes is 1. The molecule has 0 aliphatic carbocycles. The highest BCUT2D eigenvalue weighted by Crippen LogP contribution is 1.98. The molecule has 4 amide bonds. The van der Waals surface area contributed by atoms with Gasteiger partial charge in [0.1, 0.15) is 12.3 Å². The molecule has 0 heterocycles. The van der Waals surface area contributed by atoms with Gasteiger partial charge in [-0.3, -0.25) is 23.9 Å². The SMILES string of the molecule is CC(NC(=O)C(=O)NCc1ccccc1)C(=O)NC(C=O)CCC(=O)NS(C)(=O)=O. The van der Waals surface area contributed by atoms with E-state index in [9.17, 15) is 32.4 Å². The lowest BCUT2D eigenvalue weighted by molar-refractivity contribution is -0.140. The van der Waals surface area contributed by atoms with Gasteiger partial charge in [-0.1, -0.05) is 30.3 Å². The van der Waals surface area contributed by atoms with Gasteiger partial charge in [0.2, 0.25) is 21.8 Å². The van der Waals surface area contributed by atoms with Crippen molar-refractivity contribution in [2.24, 2.45) is 0 Å². The Morgan fingerprint density at radius 3 is 2.23 bits per heavy atom. The van der Waals surface area contributed by atoms with Crippen molar-refractivity contribution in [1.82, 2.24) is 20.7 Å². The highest BCUT2D eigenvalue weighted by atomic mass is 32.2. The van der Waals surface area contributed by atoms with E-state index >= 15 is 0 Å². The van der Waals surface area contributed by atoms with Crippen LogP contribution >= 0.6 is 0 Å². The van der Waals surface area contributed by atoms with Gasteiger partial charge in [-0.15, -0.1) is 0 Å². The predicted molar refractivity (Wildman–Crippen MR) is 106 cm³/mol. The second kappa shape index (κ2) is 11.7. The zero-order chi connectivity index (χ0) is 22.7. The molecule has 12 heteroatoms. The minimum Gasteiger partial charge on any atom is -0.345 e. The van der Waals surface area contributed by atoms with Crippen LogP contribution in [0.1, 0.15) is 25.3 Å². The molecular formula is C18H24N4O7S. The second-order valence-corrected chi connectivity index (χ2v) is 8.20. The molecule has 0 fully saturated rings. The van der Waals surface area contributed by atoms with Crippen molar-refractivity contribution in [2.45, 2.75) is 38.4 Å². The summed E-state index contributed by atoms with van der Waals surface area (Å²) in [7, 11) is -3.72. The smallest absolute Gasteiger partial charge is 0.309 e. The van der Waals surface area contributed by atoms with E-state index in [-0.39, 0.29) is 19.4 Å². The molecule has 0 saturated carbocycles. The molecule has 2 atom stereocenters. The molecule has 2 unspecified atom stereocenters. The molecular weight excluding hydrogens is 416 g/mol. The van der Waals surface area contributed by atoms with Gasteiger partial charge in [0.25, 0.3) is 0 Å². The van der Waals surface area contributed by atoms with Gasteiger partial charge in [0.15, 0.2) is 0 Å². The van der Waals surface area contributed by atoms with Crippen molar-refractivity contribution in [2.75, 3.05) is 6.26 Å². The summed E-state index contributed by atoms with van der Waals surface area (Å²) in [5.41, 5.74) is 0.790. The Balaban J connectivity index is 2.45. The zero-order valence-electron chi connectivity index (χ0n) is 16.5. The number of hydrogen-bond acceptors (Lipinski definition) is 7. The summed E-state index contributed by atoms with van der Waals surface area (Å²) in [5, 5.41) is 6.92. The molecule has 1 aromatic carbocycles. The molecule has 0 aliphatic heterocycles. The van der Waals surface area contributed by atoms with Crippen LogP contribution in [0.25, 0.3) is 0 Å². The van der Waals surface area contributed by atoms with E-state index < -0.39 is 45.7 Å². The summed E-state index contributed by atoms with van der Waals surface area (Å²) in [6, 6.07) is 6.70. The molecule has 0 aliphatic rings. The Kier molecular flexibility index (Phi) is 9.62. The van der Waals surface area contributed by atoms with Gasteiger partial charge in [0, 0.05) is 13.0 Å². The van der Waals surface area contributed by atoms with Gasteiger partial charge in [-0.25, -0.2) is 8.42 Å². The summed E-state index contributed by atoms with van der Waals surface area (Å²) in [5.74, 6) is -3.53. The Morgan fingerprint density at radius 2 is 1.67 bits per heavy atom. The summed E-state index contributed by atoms with van der Waals surface area (Å²) in [4.78, 5) is 58.4. The van der Waals surface area contributed by atoms with Crippen LogP contribution in [0.2, 0.25) is 0 Å². The van der Waals surface area contributed by atoms with Crippen molar-refractivity contribution in [3.63, 3.8) is 0 Å². The van der Waals surface area contributed by atoms with Crippen molar-refractivity contribution in [1.29, 1.82) is 0 Å². The van der Waals surface area contributed by atoms with Crippen molar-refractivity contribution >= 4 is 39.9 Å². The largest absolute Gasteiger partial charge is 0.345 e. The minimum absolute atomic E-state index is 0.135. The van der Waals surface area contributed by atoms with Crippen LogP contribution in [0, 0.1) is 0 Å². The number of rotatable bonds is 10. The van der Waals surface area contributed by atoms with E-state index in [4.69, 9.17) is 0 Å². The fraction of sp³-hybridized carbons (Fsp3) is 0.389. The number of amides is 4. The molecule has 0 saturated heterocycles. The lowest BCUT2D eigenvalue weighted by Gasteiger charge is -2.17. The lowest BCUT2D eigenvalue weighted by Crippen LogP contribution is -2.51. The Bertz CT molecular complexity index is 887. The summed E-state index contributed by atoms with van der Waals surface area (Å²) < 4.78 is 23.7. The highest BCUT2D eigenvalue weighted by Gasteiger charge is 2.23. The Labute approximate surface area is 174 Å². The third-order valence-corrected chi connectivity index (χ3v) is 4.32. The number of hydrogen-bond donors (Lipinski definition) is 4. The first-order valence-corrected chi connectivity index (χ1v) is 10.8. The first kappa shape index (κ1) is 24.8. The topological polar surface area (TPSA) is 168 Å². The van der Waals surface area contributed by atoms with Crippen LogP contribution in [0.15, 0.2) is 30.3 Å². The van der Waals surface area contributed by atoms with E-state index in [1.165, 1.54) is 6.92 Å². The lowest BCUT2D eigenvalue weighted by atomic mass is 10.1.